The van der Waals surface area contributed by atoms with Gasteiger partial charge < -0.3 is 15.3 Å². The summed E-state index contributed by atoms with van der Waals surface area (Å²) in [5.41, 5.74) is 1.27. The summed E-state index contributed by atoms with van der Waals surface area (Å²) in [6.45, 7) is 5.96. The first-order valence-electron chi connectivity index (χ1n) is 9.28. The van der Waals surface area contributed by atoms with E-state index in [0.29, 0.717) is 19.6 Å². The van der Waals surface area contributed by atoms with E-state index in [1.54, 1.807) is 4.90 Å². The molecule has 6 heteroatoms. The van der Waals surface area contributed by atoms with Gasteiger partial charge in [-0.1, -0.05) is 17.7 Å². The molecule has 2 heterocycles. The van der Waals surface area contributed by atoms with Crippen molar-refractivity contribution >= 4 is 17.8 Å². The van der Waals surface area contributed by atoms with Crippen molar-refractivity contribution in [1.29, 1.82) is 0 Å². The van der Waals surface area contributed by atoms with E-state index in [1.165, 1.54) is 23.3 Å². The molecule has 2 saturated heterocycles. The first-order chi connectivity index (χ1) is 12.1. The van der Waals surface area contributed by atoms with Gasteiger partial charge in [0, 0.05) is 24.5 Å². The van der Waals surface area contributed by atoms with Crippen LogP contribution in [-0.4, -0.2) is 71.6 Å². The van der Waals surface area contributed by atoms with Crippen LogP contribution in [0.15, 0.2) is 29.2 Å². The highest BCUT2D eigenvalue weighted by Gasteiger charge is 2.38. The number of nitrogens with one attached hydrogen (secondary N) is 1. The number of aliphatic hydroxyl groups is 1. The van der Waals surface area contributed by atoms with Gasteiger partial charge in [-0.15, -0.1) is 11.8 Å². The fourth-order valence-corrected chi connectivity index (χ4v) is 4.42. The molecule has 2 atom stereocenters. The molecule has 0 aliphatic carbocycles. The third-order valence-corrected chi connectivity index (χ3v) is 6.14. The lowest BCUT2D eigenvalue weighted by Gasteiger charge is -2.25. The van der Waals surface area contributed by atoms with Crippen LogP contribution in [0, 0.1) is 6.92 Å². The molecule has 0 aromatic heterocycles. The SMILES string of the molecule is Cc1ccc(SCCCNC(=O)N2C[C@H](O)[C@@H](N3CCCC3)C2)cc1. The topological polar surface area (TPSA) is 55.8 Å². The largest absolute Gasteiger partial charge is 0.390 e. The fourth-order valence-electron chi connectivity index (χ4n) is 3.57. The Labute approximate surface area is 154 Å². The molecule has 0 unspecified atom stereocenters. The number of hydrogen-bond donors (Lipinski definition) is 2. The summed E-state index contributed by atoms with van der Waals surface area (Å²) >= 11 is 1.82. The molecule has 2 N–H and O–H groups in total. The Morgan fingerprint density at radius 2 is 1.96 bits per heavy atom. The van der Waals surface area contributed by atoms with Crippen molar-refractivity contribution in [3.05, 3.63) is 29.8 Å². The van der Waals surface area contributed by atoms with Crippen molar-refractivity contribution in [2.75, 3.05) is 38.5 Å². The summed E-state index contributed by atoms with van der Waals surface area (Å²) < 4.78 is 0. The summed E-state index contributed by atoms with van der Waals surface area (Å²) in [6.07, 6.45) is 2.93. The van der Waals surface area contributed by atoms with E-state index in [4.69, 9.17) is 0 Å². The van der Waals surface area contributed by atoms with Crippen LogP contribution in [-0.2, 0) is 0 Å². The van der Waals surface area contributed by atoms with Crippen LogP contribution in [0.5, 0.6) is 0 Å². The van der Waals surface area contributed by atoms with Gasteiger partial charge in [0.25, 0.3) is 0 Å². The lowest BCUT2D eigenvalue weighted by atomic mass is 10.2. The molecule has 2 amide bonds. The number of β-amino-alcohol motifs (C(OH)–C–C–N with tert-alkyl or cyclic N) is 1. The Balaban J connectivity index is 1.33. The number of amides is 2. The fraction of sp³-hybridized carbons (Fsp3) is 0.632. The molecule has 3 rings (SSSR count). The first-order valence-corrected chi connectivity index (χ1v) is 10.3. The monoisotopic (exact) mass is 363 g/mol. The Morgan fingerprint density at radius 3 is 2.68 bits per heavy atom. The molecule has 2 fully saturated rings. The van der Waals surface area contributed by atoms with Gasteiger partial charge in [-0.2, -0.15) is 0 Å². The second-order valence-electron chi connectivity index (χ2n) is 7.03. The summed E-state index contributed by atoms with van der Waals surface area (Å²) in [5, 5.41) is 13.3. The standard InChI is InChI=1S/C19H29N3O2S/c1-15-5-7-16(8-6-15)25-12-4-9-20-19(24)22-13-17(18(23)14-22)21-10-2-3-11-21/h5-8,17-18,23H,2-4,9-14H2,1H3,(H,20,24)/t17-,18-/m0/s1. The van der Waals surface area contributed by atoms with Crippen molar-refractivity contribution in [3.63, 3.8) is 0 Å². The Morgan fingerprint density at radius 1 is 1.24 bits per heavy atom. The van der Waals surface area contributed by atoms with E-state index in [-0.39, 0.29) is 12.1 Å². The average molecular weight is 364 g/mol. The van der Waals surface area contributed by atoms with Crippen LogP contribution in [0.3, 0.4) is 0 Å². The van der Waals surface area contributed by atoms with E-state index in [9.17, 15) is 9.90 Å². The van der Waals surface area contributed by atoms with Gasteiger partial charge >= 0.3 is 6.03 Å². The van der Waals surface area contributed by atoms with E-state index in [0.717, 1.165) is 25.3 Å². The molecule has 2 aliphatic rings. The van der Waals surface area contributed by atoms with Gasteiger partial charge in [-0.3, -0.25) is 4.90 Å². The van der Waals surface area contributed by atoms with Crippen molar-refractivity contribution < 1.29 is 9.90 Å². The molecular weight excluding hydrogens is 334 g/mol. The van der Waals surface area contributed by atoms with Crippen LogP contribution >= 0.6 is 11.8 Å². The molecule has 0 bridgehead atoms. The number of nitrogens with zero attached hydrogens (tertiary/aromatic N) is 2. The molecule has 138 valence electrons. The molecule has 1 aromatic rings. The number of thioether (sulfide) groups is 1. The minimum absolute atomic E-state index is 0.0407. The number of hydrogen-bond acceptors (Lipinski definition) is 4. The second kappa shape index (κ2) is 8.92. The van der Waals surface area contributed by atoms with Crippen LogP contribution in [0.1, 0.15) is 24.8 Å². The maximum atomic E-state index is 12.3. The molecule has 0 spiro atoms. The van der Waals surface area contributed by atoms with Crippen molar-refractivity contribution in [1.82, 2.24) is 15.1 Å². The number of aryl methyl sites for hydroxylation is 1. The lowest BCUT2D eigenvalue weighted by Crippen LogP contribution is -2.43. The van der Waals surface area contributed by atoms with Crippen molar-refractivity contribution in [2.24, 2.45) is 0 Å². The van der Waals surface area contributed by atoms with Gasteiger partial charge in [0.1, 0.15) is 0 Å². The zero-order chi connectivity index (χ0) is 17.6. The minimum Gasteiger partial charge on any atom is -0.390 e. The Kier molecular flexibility index (Phi) is 6.62. The predicted molar refractivity (Wildman–Crippen MR) is 102 cm³/mol. The summed E-state index contributed by atoms with van der Waals surface area (Å²) in [6, 6.07) is 8.61. The zero-order valence-corrected chi connectivity index (χ0v) is 15.8. The first kappa shape index (κ1) is 18.5. The Hall–Kier alpha value is -1.24. The summed E-state index contributed by atoms with van der Waals surface area (Å²) in [4.78, 5) is 17.7. The third-order valence-electron chi connectivity index (χ3n) is 5.04. The normalized spacial score (nSPS) is 24.0. The highest BCUT2D eigenvalue weighted by atomic mass is 32.2. The number of rotatable bonds is 6. The second-order valence-corrected chi connectivity index (χ2v) is 8.20. The average Bonchev–Trinajstić information content (AvgIpc) is 3.25. The van der Waals surface area contributed by atoms with Crippen molar-refractivity contribution in [3.8, 4) is 0 Å². The number of urea groups is 1. The number of likely N-dealkylation sites (tertiary alicyclic amines) is 2. The van der Waals surface area contributed by atoms with E-state index in [2.05, 4.69) is 41.4 Å². The smallest absolute Gasteiger partial charge is 0.317 e. The van der Waals surface area contributed by atoms with Gasteiger partial charge in [0.15, 0.2) is 0 Å². The summed E-state index contributed by atoms with van der Waals surface area (Å²) in [5.74, 6) is 0.988. The molecular formula is C19H29N3O2S. The molecule has 0 saturated carbocycles. The van der Waals surface area contributed by atoms with Gasteiger partial charge in [0.2, 0.25) is 0 Å². The molecule has 5 nitrogen and oxygen atoms in total. The zero-order valence-electron chi connectivity index (χ0n) is 15.0. The van der Waals surface area contributed by atoms with E-state index < -0.39 is 6.10 Å². The van der Waals surface area contributed by atoms with Gasteiger partial charge in [-0.25, -0.2) is 4.79 Å². The third kappa shape index (κ3) is 5.12. The molecule has 25 heavy (non-hydrogen) atoms. The number of carbonyl (C=O) groups excluding carboxylic acids is 1. The number of aliphatic hydroxyl groups excluding tert-OH is 1. The van der Waals surface area contributed by atoms with Crippen LogP contribution < -0.4 is 5.32 Å². The van der Waals surface area contributed by atoms with Crippen LogP contribution in [0.25, 0.3) is 0 Å². The number of carbonyl (C=O) groups is 1. The summed E-state index contributed by atoms with van der Waals surface area (Å²) in [7, 11) is 0. The molecule has 1 aromatic carbocycles. The maximum Gasteiger partial charge on any atom is 0.317 e. The predicted octanol–water partition coefficient (Wildman–Crippen LogP) is 2.33. The molecule has 0 radical (unpaired) electrons. The lowest BCUT2D eigenvalue weighted by molar-refractivity contribution is 0.0980. The highest BCUT2D eigenvalue weighted by Crippen LogP contribution is 2.21. The van der Waals surface area contributed by atoms with Crippen molar-refractivity contribution in [2.45, 2.75) is 43.2 Å². The maximum absolute atomic E-state index is 12.3. The van der Waals surface area contributed by atoms with Crippen LogP contribution in [0.2, 0.25) is 0 Å². The van der Waals surface area contributed by atoms with Gasteiger partial charge in [-0.05, 0) is 57.2 Å². The Bertz CT molecular complexity index is 560. The highest BCUT2D eigenvalue weighted by molar-refractivity contribution is 7.99. The van der Waals surface area contributed by atoms with E-state index >= 15 is 0 Å². The van der Waals surface area contributed by atoms with E-state index in [1.807, 2.05) is 11.8 Å². The molecule has 2 aliphatic heterocycles. The minimum atomic E-state index is -0.416. The quantitative estimate of drug-likeness (QED) is 0.602. The number of benzene rings is 1. The van der Waals surface area contributed by atoms with Gasteiger partial charge in [0.05, 0.1) is 12.1 Å². The van der Waals surface area contributed by atoms with Crippen LogP contribution in [0.4, 0.5) is 4.79 Å².